The molecule has 1 fully saturated rings. The van der Waals surface area contributed by atoms with Gasteiger partial charge < -0.3 is 20.7 Å². The van der Waals surface area contributed by atoms with E-state index >= 15 is 0 Å². The highest BCUT2D eigenvalue weighted by Gasteiger charge is 2.20. The van der Waals surface area contributed by atoms with Gasteiger partial charge in [0, 0.05) is 13.1 Å². The van der Waals surface area contributed by atoms with Gasteiger partial charge in [-0.3, -0.25) is 4.90 Å². The second-order valence-electron chi connectivity index (χ2n) is 5.06. The summed E-state index contributed by atoms with van der Waals surface area (Å²) in [6.45, 7) is 2.27. The van der Waals surface area contributed by atoms with Gasteiger partial charge in [-0.2, -0.15) is 0 Å². The molecule has 1 aliphatic heterocycles. The molecule has 1 aliphatic rings. The Labute approximate surface area is 113 Å². The van der Waals surface area contributed by atoms with Gasteiger partial charge in [-0.1, -0.05) is 12.1 Å². The fourth-order valence-corrected chi connectivity index (χ4v) is 2.35. The van der Waals surface area contributed by atoms with E-state index in [0.29, 0.717) is 24.5 Å². The molecule has 1 saturated heterocycles. The standard InChI is InChI=1S/C14H22N2O3/c15-13-5-1-2-6-14(13)19-10-12(18)9-16-7-3-4-11(17)8-16/h1-2,5-6,11-12,17-18H,3-4,7-10,15H2. The number of nitrogens with zero attached hydrogens (tertiary/aromatic N) is 1. The zero-order chi connectivity index (χ0) is 13.7. The molecule has 0 amide bonds. The lowest BCUT2D eigenvalue weighted by molar-refractivity contribution is 0.0244. The van der Waals surface area contributed by atoms with Crippen molar-refractivity contribution < 1.29 is 14.9 Å². The zero-order valence-electron chi connectivity index (χ0n) is 11.0. The minimum Gasteiger partial charge on any atom is -0.489 e. The molecule has 4 N–H and O–H groups in total. The minimum atomic E-state index is -0.579. The van der Waals surface area contributed by atoms with Crippen LogP contribution in [0.1, 0.15) is 12.8 Å². The van der Waals surface area contributed by atoms with Gasteiger partial charge in [0.15, 0.2) is 0 Å². The van der Waals surface area contributed by atoms with Gasteiger partial charge >= 0.3 is 0 Å². The van der Waals surface area contributed by atoms with E-state index in [4.69, 9.17) is 10.5 Å². The van der Waals surface area contributed by atoms with Crippen molar-refractivity contribution in [3.63, 3.8) is 0 Å². The summed E-state index contributed by atoms with van der Waals surface area (Å²) >= 11 is 0. The number of β-amino-alcohol motifs (C(OH)–C–C–N with tert-alkyl or cyclic N) is 2. The molecule has 2 atom stereocenters. The molecule has 19 heavy (non-hydrogen) atoms. The summed E-state index contributed by atoms with van der Waals surface area (Å²) in [4.78, 5) is 2.07. The van der Waals surface area contributed by atoms with Crippen LogP contribution in [-0.2, 0) is 0 Å². The number of likely N-dealkylation sites (tertiary alicyclic amines) is 1. The molecule has 0 saturated carbocycles. The smallest absolute Gasteiger partial charge is 0.142 e. The fraction of sp³-hybridized carbons (Fsp3) is 0.571. The number of ether oxygens (including phenoxy) is 1. The second-order valence-corrected chi connectivity index (χ2v) is 5.06. The van der Waals surface area contributed by atoms with Crippen LogP contribution in [-0.4, -0.2) is 53.6 Å². The maximum Gasteiger partial charge on any atom is 0.142 e. The lowest BCUT2D eigenvalue weighted by Gasteiger charge is -2.31. The highest BCUT2D eigenvalue weighted by molar-refractivity contribution is 5.51. The van der Waals surface area contributed by atoms with Crippen molar-refractivity contribution in [1.82, 2.24) is 4.90 Å². The maximum atomic E-state index is 9.95. The average Bonchev–Trinajstić information content (AvgIpc) is 2.38. The molecule has 2 unspecified atom stereocenters. The maximum absolute atomic E-state index is 9.95. The Hall–Kier alpha value is -1.30. The first-order chi connectivity index (χ1) is 9.15. The van der Waals surface area contributed by atoms with E-state index in [9.17, 15) is 10.2 Å². The van der Waals surface area contributed by atoms with Crippen LogP contribution in [0.5, 0.6) is 5.75 Å². The minimum absolute atomic E-state index is 0.209. The number of aliphatic hydroxyl groups is 2. The predicted molar refractivity (Wildman–Crippen MR) is 74.0 cm³/mol. The van der Waals surface area contributed by atoms with Crippen LogP contribution in [0.3, 0.4) is 0 Å². The van der Waals surface area contributed by atoms with Crippen LogP contribution in [0.4, 0.5) is 5.69 Å². The summed E-state index contributed by atoms with van der Waals surface area (Å²) in [5.41, 5.74) is 6.33. The van der Waals surface area contributed by atoms with Crippen LogP contribution in [0, 0.1) is 0 Å². The van der Waals surface area contributed by atoms with E-state index < -0.39 is 6.10 Å². The number of hydrogen-bond donors (Lipinski definition) is 3. The number of anilines is 1. The summed E-state index contributed by atoms with van der Waals surface area (Å²) in [7, 11) is 0. The molecular formula is C14H22N2O3. The molecular weight excluding hydrogens is 244 g/mol. The van der Waals surface area contributed by atoms with Gasteiger partial charge in [0.25, 0.3) is 0 Å². The molecule has 2 rings (SSSR count). The Morgan fingerprint density at radius 1 is 1.42 bits per heavy atom. The molecule has 5 nitrogen and oxygen atoms in total. The van der Waals surface area contributed by atoms with Gasteiger partial charge in [0.2, 0.25) is 0 Å². The first kappa shape index (κ1) is 14.1. The van der Waals surface area contributed by atoms with Crippen LogP contribution in [0.15, 0.2) is 24.3 Å². The van der Waals surface area contributed by atoms with E-state index in [1.54, 1.807) is 12.1 Å². The Bertz CT molecular complexity index is 400. The van der Waals surface area contributed by atoms with Crippen LogP contribution >= 0.6 is 0 Å². The van der Waals surface area contributed by atoms with Gasteiger partial charge in [-0.05, 0) is 31.5 Å². The number of piperidine rings is 1. The van der Waals surface area contributed by atoms with Crippen molar-refractivity contribution in [2.45, 2.75) is 25.0 Å². The number of hydrogen-bond acceptors (Lipinski definition) is 5. The van der Waals surface area contributed by atoms with Gasteiger partial charge in [-0.25, -0.2) is 0 Å². The van der Waals surface area contributed by atoms with E-state index in [2.05, 4.69) is 4.90 Å². The van der Waals surface area contributed by atoms with Crippen molar-refractivity contribution in [1.29, 1.82) is 0 Å². The Morgan fingerprint density at radius 3 is 2.95 bits per heavy atom. The predicted octanol–water partition coefficient (Wildman–Crippen LogP) is 0.465. The summed E-state index contributed by atoms with van der Waals surface area (Å²) in [6.07, 6.45) is 0.973. The number of nitrogens with two attached hydrogens (primary N) is 1. The van der Waals surface area contributed by atoms with Gasteiger partial charge in [-0.15, -0.1) is 0 Å². The number of rotatable bonds is 5. The Balaban J connectivity index is 1.75. The largest absolute Gasteiger partial charge is 0.489 e. The molecule has 1 heterocycles. The van der Waals surface area contributed by atoms with Crippen molar-refractivity contribution in [3.05, 3.63) is 24.3 Å². The van der Waals surface area contributed by atoms with Crippen molar-refractivity contribution >= 4 is 5.69 Å². The SMILES string of the molecule is Nc1ccccc1OCC(O)CN1CCCC(O)C1. The van der Waals surface area contributed by atoms with E-state index in [-0.39, 0.29) is 12.7 Å². The highest BCUT2D eigenvalue weighted by Crippen LogP contribution is 2.20. The van der Waals surface area contributed by atoms with E-state index in [0.717, 1.165) is 19.4 Å². The fourth-order valence-electron chi connectivity index (χ4n) is 2.35. The quantitative estimate of drug-likeness (QED) is 0.675. The number of para-hydroxylation sites is 2. The first-order valence-corrected chi connectivity index (χ1v) is 6.71. The molecule has 0 aliphatic carbocycles. The normalized spacial score (nSPS) is 22.1. The molecule has 1 aromatic rings. The Kier molecular flexibility index (Phi) is 5.01. The topological polar surface area (TPSA) is 79.0 Å². The van der Waals surface area contributed by atoms with Crippen molar-refractivity contribution in [2.24, 2.45) is 0 Å². The average molecular weight is 266 g/mol. The highest BCUT2D eigenvalue weighted by atomic mass is 16.5. The molecule has 0 bridgehead atoms. The molecule has 0 aromatic heterocycles. The molecule has 0 radical (unpaired) electrons. The lowest BCUT2D eigenvalue weighted by atomic mass is 10.1. The summed E-state index contributed by atoms with van der Waals surface area (Å²) in [5, 5.41) is 19.5. The Morgan fingerprint density at radius 2 is 2.21 bits per heavy atom. The molecule has 106 valence electrons. The summed E-state index contributed by atoms with van der Waals surface area (Å²) < 4.78 is 5.50. The second kappa shape index (κ2) is 6.75. The van der Waals surface area contributed by atoms with Gasteiger partial charge in [0.05, 0.1) is 11.8 Å². The zero-order valence-corrected chi connectivity index (χ0v) is 11.0. The summed E-state index contributed by atoms with van der Waals surface area (Å²) in [6, 6.07) is 7.24. The first-order valence-electron chi connectivity index (χ1n) is 6.71. The third-order valence-electron chi connectivity index (χ3n) is 3.30. The molecule has 5 heteroatoms. The molecule has 0 spiro atoms. The van der Waals surface area contributed by atoms with Crippen molar-refractivity contribution in [2.75, 3.05) is 32.0 Å². The third-order valence-corrected chi connectivity index (χ3v) is 3.30. The molecule has 1 aromatic carbocycles. The van der Waals surface area contributed by atoms with Crippen LogP contribution < -0.4 is 10.5 Å². The van der Waals surface area contributed by atoms with Gasteiger partial charge in [0.1, 0.15) is 18.5 Å². The number of aliphatic hydroxyl groups excluding tert-OH is 2. The lowest BCUT2D eigenvalue weighted by Crippen LogP contribution is -2.43. The number of benzene rings is 1. The van der Waals surface area contributed by atoms with Crippen LogP contribution in [0.25, 0.3) is 0 Å². The van der Waals surface area contributed by atoms with Crippen LogP contribution in [0.2, 0.25) is 0 Å². The monoisotopic (exact) mass is 266 g/mol. The van der Waals surface area contributed by atoms with Crippen molar-refractivity contribution in [3.8, 4) is 5.75 Å². The third kappa shape index (κ3) is 4.38. The summed E-state index contributed by atoms with van der Waals surface area (Å²) in [5.74, 6) is 0.597. The van der Waals surface area contributed by atoms with E-state index in [1.807, 2.05) is 12.1 Å². The number of nitrogen functional groups attached to an aromatic ring is 1. The van der Waals surface area contributed by atoms with E-state index in [1.165, 1.54) is 0 Å².